The highest BCUT2D eigenvalue weighted by Gasteiger charge is 2.36. The van der Waals surface area contributed by atoms with Gasteiger partial charge < -0.3 is 14.8 Å². The van der Waals surface area contributed by atoms with Crippen LogP contribution >= 0.6 is 11.6 Å². The maximum absolute atomic E-state index is 13.3. The van der Waals surface area contributed by atoms with Crippen molar-refractivity contribution in [3.8, 4) is 0 Å². The molecule has 1 aliphatic rings. The molecule has 9 heteroatoms. The van der Waals surface area contributed by atoms with Crippen LogP contribution in [0.4, 0.5) is 5.69 Å². The Labute approximate surface area is 196 Å². The predicted molar refractivity (Wildman–Crippen MR) is 127 cm³/mol. The number of hydrogen-bond donors (Lipinski definition) is 1. The van der Waals surface area contributed by atoms with Gasteiger partial charge in [-0.1, -0.05) is 17.7 Å². The summed E-state index contributed by atoms with van der Waals surface area (Å²) in [7, 11) is 3.03. The van der Waals surface area contributed by atoms with Crippen molar-refractivity contribution in [1.82, 2.24) is 14.5 Å². The Hall–Kier alpha value is -2.97. The number of anilines is 1. The van der Waals surface area contributed by atoms with Crippen molar-refractivity contribution in [3.05, 3.63) is 62.4 Å². The monoisotopic (exact) mass is 470 g/mol. The number of ether oxygens (including phenoxy) is 2. The van der Waals surface area contributed by atoms with Crippen LogP contribution < -0.4 is 10.9 Å². The molecule has 1 N–H and O–H groups in total. The molecule has 3 aromatic rings. The van der Waals surface area contributed by atoms with Crippen LogP contribution in [0.2, 0.25) is 5.15 Å². The van der Waals surface area contributed by atoms with E-state index in [-0.39, 0.29) is 22.4 Å². The van der Waals surface area contributed by atoms with E-state index in [0.29, 0.717) is 29.0 Å². The van der Waals surface area contributed by atoms with Gasteiger partial charge in [0.05, 0.1) is 29.7 Å². The average Bonchev–Trinajstić information content (AvgIpc) is 3.23. The molecule has 33 heavy (non-hydrogen) atoms. The maximum Gasteiger partial charge on any atom is 0.358 e. The normalized spacial score (nSPS) is 19.0. The summed E-state index contributed by atoms with van der Waals surface area (Å²) in [5, 5.41) is 4.04. The molecule has 1 aromatic carbocycles. The molecular formula is C24H27ClN4O4. The van der Waals surface area contributed by atoms with Gasteiger partial charge in [-0.15, -0.1) is 0 Å². The summed E-state index contributed by atoms with van der Waals surface area (Å²) in [6, 6.07) is 6.83. The van der Waals surface area contributed by atoms with Crippen molar-refractivity contribution in [3.63, 3.8) is 0 Å². The lowest BCUT2D eigenvalue weighted by atomic mass is 9.98. The summed E-state index contributed by atoms with van der Waals surface area (Å²) in [5.41, 5.74) is 2.21. The fourth-order valence-electron chi connectivity index (χ4n) is 4.43. The van der Waals surface area contributed by atoms with Gasteiger partial charge in [0, 0.05) is 19.2 Å². The van der Waals surface area contributed by atoms with E-state index < -0.39 is 11.6 Å². The molecule has 2 aromatic heterocycles. The van der Waals surface area contributed by atoms with E-state index in [0.717, 1.165) is 24.0 Å². The number of rotatable bonds is 5. The van der Waals surface area contributed by atoms with Crippen LogP contribution in [0.3, 0.4) is 0 Å². The second kappa shape index (κ2) is 8.76. The molecule has 3 heterocycles. The molecule has 0 aliphatic carbocycles. The molecule has 2 unspecified atom stereocenters. The summed E-state index contributed by atoms with van der Waals surface area (Å²) in [4.78, 5) is 34.6. The molecule has 0 bridgehead atoms. The lowest BCUT2D eigenvalue weighted by Gasteiger charge is -2.26. The number of fused-ring (bicyclic) bond motifs is 1. The van der Waals surface area contributed by atoms with Gasteiger partial charge in [-0.3, -0.25) is 9.36 Å². The van der Waals surface area contributed by atoms with E-state index in [4.69, 9.17) is 26.1 Å². The highest BCUT2D eigenvalue weighted by Crippen LogP contribution is 2.35. The van der Waals surface area contributed by atoms with Crippen molar-refractivity contribution >= 4 is 34.2 Å². The molecule has 1 fully saturated rings. The molecule has 1 aliphatic heterocycles. The van der Waals surface area contributed by atoms with Gasteiger partial charge in [-0.2, -0.15) is 0 Å². The van der Waals surface area contributed by atoms with E-state index in [2.05, 4.69) is 10.3 Å². The first kappa shape index (κ1) is 23.2. The molecule has 0 radical (unpaired) electrons. The van der Waals surface area contributed by atoms with Crippen molar-refractivity contribution in [2.24, 2.45) is 7.05 Å². The number of aromatic nitrogens is 3. The lowest BCUT2D eigenvalue weighted by molar-refractivity contribution is 0.00636. The molecular weight excluding hydrogens is 444 g/mol. The standard InChI is InChI=1S/C24H27ClN4O4/c1-13-11-15(14(2)26-17-7-8-18(25)27-20(17)22(31)32-5)19-16(12-13)21(30)29(4)23(28-19)24(3)9-6-10-33-24/h7-8,11-12,14,26H,6,9-10H2,1-5H3. The first-order valence-electron chi connectivity index (χ1n) is 10.8. The highest BCUT2D eigenvalue weighted by molar-refractivity contribution is 6.29. The van der Waals surface area contributed by atoms with Crippen molar-refractivity contribution < 1.29 is 14.3 Å². The Bertz CT molecular complexity index is 1300. The largest absolute Gasteiger partial charge is 0.464 e. The third-order valence-electron chi connectivity index (χ3n) is 6.12. The maximum atomic E-state index is 13.3. The zero-order valence-electron chi connectivity index (χ0n) is 19.4. The van der Waals surface area contributed by atoms with Crippen LogP contribution in [0, 0.1) is 6.92 Å². The quantitative estimate of drug-likeness (QED) is 0.439. The number of hydrogen-bond acceptors (Lipinski definition) is 7. The second-order valence-corrected chi connectivity index (χ2v) is 9.01. The number of pyridine rings is 1. The molecule has 1 saturated heterocycles. The Balaban J connectivity index is 1.85. The minimum Gasteiger partial charge on any atom is -0.464 e. The number of carbonyl (C=O) groups is 1. The van der Waals surface area contributed by atoms with Gasteiger partial charge in [0.15, 0.2) is 5.69 Å². The summed E-state index contributed by atoms with van der Waals surface area (Å²) < 4.78 is 12.4. The van der Waals surface area contributed by atoms with Gasteiger partial charge in [-0.05, 0) is 57.4 Å². The fourth-order valence-corrected chi connectivity index (χ4v) is 4.57. The second-order valence-electron chi connectivity index (χ2n) is 8.62. The number of nitrogens with zero attached hydrogens (tertiary/aromatic N) is 3. The SMILES string of the molecule is COC(=O)c1nc(Cl)ccc1NC(C)c1cc(C)cc2c(=O)n(C)c(C3(C)CCCO3)nc12. The molecule has 0 saturated carbocycles. The molecule has 0 amide bonds. The van der Waals surface area contributed by atoms with Gasteiger partial charge in [0.25, 0.3) is 5.56 Å². The topological polar surface area (TPSA) is 95.3 Å². The summed E-state index contributed by atoms with van der Waals surface area (Å²) in [5.74, 6) is 0.0140. The van der Waals surface area contributed by atoms with E-state index in [9.17, 15) is 9.59 Å². The number of aryl methyl sites for hydroxylation is 1. The zero-order valence-corrected chi connectivity index (χ0v) is 20.1. The van der Waals surface area contributed by atoms with Gasteiger partial charge >= 0.3 is 5.97 Å². The first-order valence-corrected chi connectivity index (χ1v) is 11.2. The number of esters is 1. The molecule has 4 rings (SSSR count). The highest BCUT2D eigenvalue weighted by atomic mass is 35.5. The predicted octanol–water partition coefficient (Wildman–Crippen LogP) is 4.28. The summed E-state index contributed by atoms with van der Waals surface area (Å²) in [6.07, 6.45) is 1.72. The van der Waals surface area contributed by atoms with E-state index in [1.54, 1.807) is 23.7 Å². The molecule has 0 spiro atoms. The van der Waals surface area contributed by atoms with E-state index in [1.807, 2.05) is 32.9 Å². The Morgan fingerprint density at radius 1 is 1.33 bits per heavy atom. The Kier molecular flexibility index (Phi) is 6.16. The Morgan fingerprint density at radius 3 is 2.76 bits per heavy atom. The van der Waals surface area contributed by atoms with Crippen molar-refractivity contribution in [2.45, 2.75) is 45.3 Å². The molecule has 2 atom stereocenters. The molecule has 8 nitrogen and oxygen atoms in total. The van der Waals surface area contributed by atoms with Gasteiger partial charge in [0.1, 0.15) is 16.6 Å². The average molecular weight is 471 g/mol. The van der Waals surface area contributed by atoms with Crippen LogP contribution in [-0.4, -0.2) is 34.2 Å². The minimum atomic E-state index is -0.612. The Morgan fingerprint density at radius 2 is 2.09 bits per heavy atom. The minimum absolute atomic E-state index is 0.0882. The van der Waals surface area contributed by atoms with Crippen molar-refractivity contribution in [1.29, 1.82) is 0 Å². The van der Waals surface area contributed by atoms with E-state index >= 15 is 0 Å². The first-order chi connectivity index (χ1) is 15.6. The van der Waals surface area contributed by atoms with Gasteiger partial charge in [-0.25, -0.2) is 14.8 Å². The number of nitrogens with one attached hydrogen (secondary N) is 1. The third kappa shape index (κ3) is 4.20. The van der Waals surface area contributed by atoms with E-state index in [1.165, 1.54) is 7.11 Å². The summed E-state index contributed by atoms with van der Waals surface area (Å²) in [6.45, 7) is 6.50. The number of methoxy groups -OCH3 is 1. The van der Waals surface area contributed by atoms with Crippen LogP contribution in [0.25, 0.3) is 10.9 Å². The zero-order chi connectivity index (χ0) is 23.9. The lowest BCUT2D eigenvalue weighted by Crippen LogP contribution is -2.33. The van der Waals surface area contributed by atoms with Crippen LogP contribution in [0.15, 0.2) is 29.1 Å². The summed E-state index contributed by atoms with van der Waals surface area (Å²) >= 11 is 5.99. The van der Waals surface area contributed by atoms with Crippen LogP contribution in [0.5, 0.6) is 0 Å². The number of halogens is 1. The number of carbonyl (C=O) groups excluding carboxylic acids is 1. The third-order valence-corrected chi connectivity index (χ3v) is 6.34. The smallest absolute Gasteiger partial charge is 0.358 e. The number of benzene rings is 1. The van der Waals surface area contributed by atoms with Gasteiger partial charge in [0.2, 0.25) is 0 Å². The fraction of sp³-hybridized carbons (Fsp3) is 0.417. The van der Waals surface area contributed by atoms with Crippen LogP contribution in [-0.2, 0) is 22.1 Å². The molecule has 174 valence electrons. The van der Waals surface area contributed by atoms with Crippen LogP contribution in [0.1, 0.15) is 60.2 Å². The van der Waals surface area contributed by atoms with Crippen molar-refractivity contribution in [2.75, 3.05) is 19.0 Å².